The van der Waals surface area contributed by atoms with Crippen molar-refractivity contribution in [3.63, 3.8) is 0 Å². The number of hydrogen-bond acceptors (Lipinski definition) is 3. The highest BCUT2D eigenvalue weighted by Gasteiger charge is 2.08. The predicted molar refractivity (Wildman–Crippen MR) is 89.9 cm³/mol. The number of nitrogens with two attached hydrogens (primary N) is 1. The largest absolute Gasteiger partial charge is 0.276 e. The molecule has 4 heteroatoms. The van der Waals surface area contributed by atoms with Crippen LogP contribution in [0.3, 0.4) is 0 Å². The Bertz CT molecular complexity index is 348. The second kappa shape index (κ2) is 11.8. The van der Waals surface area contributed by atoms with Crippen LogP contribution in [-0.4, -0.2) is 15.8 Å². The number of aromatic nitrogens is 2. The number of nitrogens with one attached hydrogen (secondary N) is 1. The number of nitrogens with zero attached hydrogens (tertiary/aromatic N) is 2. The molecule has 1 heterocycles. The lowest BCUT2D eigenvalue weighted by Crippen LogP contribution is -2.36. The van der Waals surface area contributed by atoms with Crippen LogP contribution in [0.4, 0.5) is 0 Å². The van der Waals surface area contributed by atoms with Crippen molar-refractivity contribution in [2.24, 2.45) is 12.9 Å². The minimum atomic E-state index is 0.374. The van der Waals surface area contributed by atoms with Gasteiger partial charge in [0.15, 0.2) is 0 Å². The van der Waals surface area contributed by atoms with Crippen LogP contribution in [0.2, 0.25) is 0 Å². The minimum absolute atomic E-state index is 0.374. The fraction of sp³-hybridized carbons (Fsp3) is 0.824. The Morgan fingerprint density at radius 1 is 1.10 bits per heavy atom. The lowest BCUT2D eigenvalue weighted by atomic mass is 10.0. The van der Waals surface area contributed by atoms with Gasteiger partial charge in [0.05, 0.1) is 6.20 Å². The van der Waals surface area contributed by atoms with Gasteiger partial charge in [0.2, 0.25) is 0 Å². The zero-order valence-electron chi connectivity index (χ0n) is 14.0. The van der Waals surface area contributed by atoms with Gasteiger partial charge in [-0.2, -0.15) is 5.10 Å². The zero-order chi connectivity index (χ0) is 15.3. The van der Waals surface area contributed by atoms with Gasteiger partial charge < -0.3 is 0 Å². The third-order valence-corrected chi connectivity index (χ3v) is 4.13. The summed E-state index contributed by atoms with van der Waals surface area (Å²) in [4.78, 5) is 0. The fourth-order valence-electron chi connectivity index (χ4n) is 2.81. The van der Waals surface area contributed by atoms with Crippen molar-refractivity contribution in [1.82, 2.24) is 15.2 Å². The molecular formula is C17H34N4. The van der Waals surface area contributed by atoms with E-state index in [1.54, 1.807) is 0 Å². The molecule has 1 aromatic heterocycles. The van der Waals surface area contributed by atoms with Gasteiger partial charge in [-0.25, -0.2) is 0 Å². The average Bonchev–Trinajstić information content (AvgIpc) is 2.89. The third kappa shape index (κ3) is 8.89. The van der Waals surface area contributed by atoms with E-state index in [0.717, 1.165) is 12.8 Å². The van der Waals surface area contributed by atoms with E-state index in [-0.39, 0.29) is 0 Å². The smallest absolute Gasteiger partial charge is 0.0522 e. The van der Waals surface area contributed by atoms with Crippen molar-refractivity contribution in [3.8, 4) is 0 Å². The number of aryl methyl sites for hydroxylation is 1. The number of unbranched alkanes of at least 4 members (excludes halogenated alkanes) is 8. The first-order valence-electron chi connectivity index (χ1n) is 8.70. The molecular weight excluding hydrogens is 260 g/mol. The third-order valence-electron chi connectivity index (χ3n) is 4.13. The summed E-state index contributed by atoms with van der Waals surface area (Å²) < 4.78 is 1.85. The maximum atomic E-state index is 5.66. The molecule has 0 radical (unpaired) electrons. The summed E-state index contributed by atoms with van der Waals surface area (Å²) in [5, 5.41) is 4.20. The molecule has 1 aromatic rings. The Hall–Kier alpha value is -0.870. The fourth-order valence-corrected chi connectivity index (χ4v) is 2.81. The van der Waals surface area contributed by atoms with Crippen molar-refractivity contribution in [2.75, 3.05) is 0 Å². The Morgan fingerprint density at radius 2 is 1.71 bits per heavy atom. The maximum absolute atomic E-state index is 5.66. The van der Waals surface area contributed by atoms with Crippen molar-refractivity contribution in [2.45, 2.75) is 83.6 Å². The van der Waals surface area contributed by atoms with E-state index in [0.29, 0.717) is 6.04 Å². The van der Waals surface area contributed by atoms with E-state index in [2.05, 4.69) is 23.6 Å². The predicted octanol–water partition coefficient (Wildman–Crippen LogP) is 3.72. The maximum Gasteiger partial charge on any atom is 0.0522 e. The average molecular weight is 294 g/mol. The first-order chi connectivity index (χ1) is 10.3. The summed E-state index contributed by atoms with van der Waals surface area (Å²) in [6.07, 6.45) is 18.5. The molecule has 0 aromatic carbocycles. The molecule has 0 amide bonds. The standard InChI is InChI=1S/C17H34N4/c1-3-4-5-6-7-8-9-10-11-12-17(20-18)13-16-14-19-21(2)15-16/h14-15,17,20H,3-13,18H2,1-2H3. The van der Waals surface area contributed by atoms with Crippen LogP contribution in [0, 0.1) is 0 Å². The van der Waals surface area contributed by atoms with Gasteiger partial charge in [0, 0.05) is 19.3 Å². The van der Waals surface area contributed by atoms with Crippen molar-refractivity contribution in [1.29, 1.82) is 0 Å². The van der Waals surface area contributed by atoms with Crippen LogP contribution in [0.15, 0.2) is 12.4 Å². The van der Waals surface area contributed by atoms with E-state index in [1.165, 1.54) is 63.4 Å². The quantitative estimate of drug-likeness (QED) is 0.331. The van der Waals surface area contributed by atoms with Crippen LogP contribution >= 0.6 is 0 Å². The van der Waals surface area contributed by atoms with Gasteiger partial charge in [0.25, 0.3) is 0 Å². The van der Waals surface area contributed by atoms with Gasteiger partial charge in [-0.3, -0.25) is 16.0 Å². The molecule has 0 saturated carbocycles. The van der Waals surface area contributed by atoms with Crippen LogP contribution in [0.5, 0.6) is 0 Å². The summed E-state index contributed by atoms with van der Waals surface area (Å²) in [6, 6.07) is 0.374. The first-order valence-corrected chi connectivity index (χ1v) is 8.70. The molecule has 3 N–H and O–H groups in total. The van der Waals surface area contributed by atoms with Crippen LogP contribution < -0.4 is 11.3 Å². The van der Waals surface area contributed by atoms with E-state index in [4.69, 9.17) is 5.84 Å². The van der Waals surface area contributed by atoms with E-state index in [1.807, 2.05) is 17.9 Å². The summed E-state index contributed by atoms with van der Waals surface area (Å²) in [5.74, 6) is 5.66. The molecule has 1 unspecified atom stereocenters. The molecule has 4 nitrogen and oxygen atoms in total. The normalized spacial score (nSPS) is 12.7. The SMILES string of the molecule is CCCCCCCCCCCC(Cc1cnn(C)c1)NN. The lowest BCUT2D eigenvalue weighted by molar-refractivity contribution is 0.458. The molecule has 0 aliphatic heterocycles. The van der Waals surface area contributed by atoms with Gasteiger partial charge in [-0.1, -0.05) is 64.7 Å². The summed E-state index contributed by atoms with van der Waals surface area (Å²) in [6.45, 7) is 2.27. The van der Waals surface area contributed by atoms with Crippen LogP contribution in [-0.2, 0) is 13.5 Å². The van der Waals surface area contributed by atoms with Crippen LogP contribution in [0.1, 0.15) is 76.7 Å². The summed E-state index contributed by atoms with van der Waals surface area (Å²) in [5.41, 5.74) is 4.21. The molecule has 0 fully saturated rings. The van der Waals surface area contributed by atoms with Gasteiger partial charge in [-0.05, 0) is 18.4 Å². The highest BCUT2D eigenvalue weighted by molar-refractivity contribution is 5.05. The van der Waals surface area contributed by atoms with E-state index < -0.39 is 0 Å². The van der Waals surface area contributed by atoms with E-state index >= 15 is 0 Å². The lowest BCUT2D eigenvalue weighted by Gasteiger charge is -2.14. The van der Waals surface area contributed by atoms with Crippen LogP contribution in [0.25, 0.3) is 0 Å². The molecule has 21 heavy (non-hydrogen) atoms. The Morgan fingerprint density at radius 3 is 2.24 bits per heavy atom. The minimum Gasteiger partial charge on any atom is -0.276 e. The molecule has 0 saturated heterocycles. The molecule has 0 aliphatic rings. The second-order valence-electron chi connectivity index (χ2n) is 6.21. The molecule has 0 bridgehead atoms. The van der Waals surface area contributed by atoms with Crippen molar-refractivity contribution in [3.05, 3.63) is 18.0 Å². The van der Waals surface area contributed by atoms with Gasteiger partial charge in [-0.15, -0.1) is 0 Å². The van der Waals surface area contributed by atoms with E-state index in [9.17, 15) is 0 Å². The molecule has 1 atom stereocenters. The molecule has 122 valence electrons. The molecule has 0 aliphatic carbocycles. The Balaban J connectivity index is 1.99. The Kier molecular flexibility index (Phi) is 10.2. The van der Waals surface area contributed by atoms with Gasteiger partial charge in [0.1, 0.15) is 0 Å². The second-order valence-corrected chi connectivity index (χ2v) is 6.21. The zero-order valence-corrected chi connectivity index (χ0v) is 14.0. The van der Waals surface area contributed by atoms with Crippen molar-refractivity contribution >= 4 is 0 Å². The van der Waals surface area contributed by atoms with Crippen molar-refractivity contribution < 1.29 is 0 Å². The number of rotatable bonds is 13. The van der Waals surface area contributed by atoms with Gasteiger partial charge >= 0.3 is 0 Å². The number of hydrogen-bond donors (Lipinski definition) is 2. The summed E-state index contributed by atoms with van der Waals surface area (Å²) in [7, 11) is 1.95. The first kappa shape index (κ1) is 18.2. The number of hydrazine groups is 1. The molecule has 0 spiro atoms. The molecule has 1 rings (SSSR count). The summed E-state index contributed by atoms with van der Waals surface area (Å²) >= 11 is 0. The Labute approximate surface area is 130 Å². The highest BCUT2D eigenvalue weighted by Crippen LogP contribution is 2.13. The topological polar surface area (TPSA) is 55.9 Å². The monoisotopic (exact) mass is 294 g/mol. The highest BCUT2D eigenvalue weighted by atomic mass is 15.2.